The van der Waals surface area contributed by atoms with Crippen LogP contribution in [0.25, 0.3) is 0 Å². The number of amidine groups is 1. The van der Waals surface area contributed by atoms with Gasteiger partial charge in [-0.1, -0.05) is 12.1 Å². The van der Waals surface area contributed by atoms with Crippen molar-refractivity contribution in [3.05, 3.63) is 35.4 Å². The molecule has 1 aromatic rings. The molecule has 1 aromatic carbocycles. The molecule has 12 heteroatoms. The third kappa shape index (κ3) is 8.65. The predicted octanol–water partition coefficient (Wildman–Crippen LogP) is 0.128. The molecule has 192 valence electrons. The van der Waals surface area contributed by atoms with Gasteiger partial charge >= 0.3 is 11.9 Å². The number of nitrogens with one attached hydrogen (secondary N) is 2. The van der Waals surface area contributed by atoms with Gasteiger partial charge in [0.25, 0.3) is 5.91 Å². The first-order valence-corrected chi connectivity index (χ1v) is 11.0. The number of hydrogen-bond acceptors (Lipinski definition) is 8. The SMILES string of the molecule is CC(NC(=O)c1ccc(C(=N)N)cc1)C(=O)N1CC(OCC(=O)O)[C@H](OCC(=O)OC(C)(C)C)C1. The molecule has 35 heavy (non-hydrogen) atoms. The lowest BCUT2D eigenvalue weighted by Crippen LogP contribution is -2.46. The number of carbonyl (C=O) groups excluding carboxylic acids is 3. The molecule has 0 aliphatic carbocycles. The Morgan fingerprint density at radius 3 is 2.09 bits per heavy atom. The van der Waals surface area contributed by atoms with Crippen molar-refractivity contribution >= 4 is 29.6 Å². The number of carboxylic acid groups (broad SMARTS) is 1. The summed E-state index contributed by atoms with van der Waals surface area (Å²) in [5, 5.41) is 19.0. The van der Waals surface area contributed by atoms with Gasteiger partial charge in [-0.3, -0.25) is 15.0 Å². The molecule has 5 N–H and O–H groups in total. The fraction of sp³-hybridized carbons (Fsp3) is 0.522. The van der Waals surface area contributed by atoms with Crippen molar-refractivity contribution in [3.63, 3.8) is 0 Å². The Balaban J connectivity index is 2.00. The first-order valence-electron chi connectivity index (χ1n) is 11.0. The molecule has 1 aliphatic heterocycles. The number of ether oxygens (including phenoxy) is 3. The molecule has 2 unspecified atom stereocenters. The zero-order valence-electron chi connectivity index (χ0n) is 20.2. The summed E-state index contributed by atoms with van der Waals surface area (Å²) < 4.78 is 16.2. The van der Waals surface area contributed by atoms with E-state index in [1.807, 2.05) is 0 Å². The number of nitrogen functional groups attached to an aromatic ring is 1. The molecule has 3 atom stereocenters. The van der Waals surface area contributed by atoms with Crippen LogP contribution in [0.1, 0.15) is 43.6 Å². The molecule has 0 spiro atoms. The zero-order valence-corrected chi connectivity index (χ0v) is 20.2. The standard InChI is InChI=1S/C23H32N4O8/c1-13(26-21(31)15-7-5-14(6-8-15)20(24)25)22(32)27-9-16(33-11-18(28)29)17(10-27)34-12-19(30)35-23(2,3)4/h5-8,13,16-17H,9-12H2,1-4H3,(H3,24,25)(H,26,31)(H,28,29)/t13?,16?,17-/m1/s1. The highest BCUT2D eigenvalue weighted by atomic mass is 16.6. The Morgan fingerprint density at radius 2 is 1.60 bits per heavy atom. The maximum absolute atomic E-state index is 13.0. The first-order chi connectivity index (χ1) is 16.3. The minimum absolute atomic E-state index is 0.0264. The Morgan fingerprint density at radius 1 is 1.09 bits per heavy atom. The van der Waals surface area contributed by atoms with Gasteiger partial charge in [0.05, 0.1) is 0 Å². The van der Waals surface area contributed by atoms with Crippen LogP contribution in [-0.2, 0) is 28.6 Å². The number of likely N-dealkylation sites (tertiary alicyclic amines) is 1. The summed E-state index contributed by atoms with van der Waals surface area (Å²) in [5.41, 5.74) is 5.47. The lowest BCUT2D eigenvalue weighted by molar-refractivity contribution is -0.165. The molecule has 12 nitrogen and oxygen atoms in total. The van der Waals surface area contributed by atoms with E-state index in [-0.39, 0.29) is 31.1 Å². The van der Waals surface area contributed by atoms with E-state index in [0.717, 1.165) is 0 Å². The van der Waals surface area contributed by atoms with Gasteiger partial charge in [0.15, 0.2) is 0 Å². The number of carboxylic acids is 1. The number of amides is 2. The molecule has 0 saturated carbocycles. The van der Waals surface area contributed by atoms with Gasteiger partial charge < -0.3 is 35.3 Å². The third-order valence-corrected chi connectivity index (χ3v) is 4.96. The van der Waals surface area contributed by atoms with Crippen LogP contribution in [0, 0.1) is 5.41 Å². The van der Waals surface area contributed by atoms with Crippen molar-refractivity contribution < 1.29 is 38.5 Å². The zero-order chi connectivity index (χ0) is 26.3. The summed E-state index contributed by atoms with van der Waals surface area (Å²) in [6.45, 7) is 5.75. The number of nitrogens with two attached hydrogens (primary N) is 1. The van der Waals surface area contributed by atoms with Crippen LogP contribution < -0.4 is 11.1 Å². The Kier molecular flexibility index (Phi) is 9.32. The number of esters is 1. The van der Waals surface area contributed by atoms with Gasteiger partial charge in [-0.05, 0) is 39.8 Å². The first kappa shape index (κ1) is 27.7. The van der Waals surface area contributed by atoms with Crippen LogP contribution in [0.2, 0.25) is 0 Å². The molecular formula is C23H32N4O8. The minimum Gasteiger partial charge on any atom is -0.480 e. The van der Waals surface area contributed by atoms with Gasteiger partial charge in [0.2, 0.25) is 5.91 Å². The summed E-state index contributed by atoms with van der Waals surface area (Å²) in [4.78, 5) is 49.8. The van der Waals surface area contributed by atoms with E-state index in [4.69, 9.17) is 30.5 Å². The summed E-state index contributed by atoms with van der Waals surface area (Å²) in [7, 11) is 0. The largest absolute Gasteiger partial charge is 0.480 e. The van der Waals surface area contributed by atoms with Gasteiger partial charge in [-0.15, -0.1) is 0 Å². The average Bonchev–Trinajstić information content (AvgIpc) is 3.17. The third-order valence-electron chi connectivity index (χ3n) is 4.96. The van der Waals surface area contributed by atoms with Crippen LogP contribution in [0.3, 0.4) is 0 Å². The highest BCUT2D eigenvalue weighted by Gasteiger charge is 2.39. The van der Waals surface area contributed by atoms with Crippen molar-refractivity contribution in [2.45, 2.75) is 51.5 Å². The molecule has 2 rings (SSSR count). The second kappa shape index (κ2) is 11.8. The molecule has 1 saturated heterocycles. The highest BCUT2D eigenvalue weighted by Crippen LogP contribution is 2.19. The van der Waals surface area contributed by atoms with Crippen molar-refractivity contribution in [2.75, 3.05) is 26.3 Å². The summed E-state index contributed by atoms with van der Waals surface area (Å²) in [6, 6.07) is 5.15. The van der Waals surface area contributed by atoms with E-state index in [9.17, 15) is 19.2 Å². The fourth-order valence-corrected chi connectivity index (χ4v) is 3.39. The molecule has 1 aliphatic rings. The van der Waals surface area contributed by atoms with Crippen LogP contribution in [0.15, 0.2) is 24.3 Å². The topological polar surface area (TPSA) is 181 Å². The monoisotopic (exact) mass is 492 g/mol. The maximum Gasteiger partial charge on any atom is 0.332 e. The number of hydrogen-bond donors (Lipinski definition) is 4. The normalized spacial score (nSPS) is 18.6. The van der Waals surface area contributed by atoms with E-state index < -0.39 is 54.2 Å². The van der Waals surface area contributed by atoms with Gasteiger partial charge in [-0.2, -0.15) is 0 Å². The Labute approximate surface area is 203 Å². The predicted molar refractivity (Wildman–Crippen MR) is 124 cm³/mol. The van der Waals surface area contributed by atoms with Crippen molar-refractivity contribution in [2.24, 2.45) is 5.73 Å². The second-order valence-electron chi connectivity index (χ2n) is 9.11. The van der Waals surface area contributed by atoms with Crippen molar-refractivity contribution in [1.82, 2.24) is 10.2 Å². The average molecular weight is 493 g/mol. The molecular weight excluding hydrogens is 460 g/mol. The fourth-order valence-electron chi connectivity index (χ4n) is 3.39. The van der Waals surface area contributed by atoms with Crippen LogP contribution in [-0.4, -0.2) is 89.7 Å². The molecule has 1 fully saturated rings. The summed E-state index contributed by atoms with van der Waals surface area (Å²) in [6.07, 6.45) is -1.53. The molecule has 0 bridgehead atoms. The van der Waals surface area contributed by atoms with E-state index in [2.05, 4.69) is 5.32 Å². The number of benzene rings is 1. The van der Waals surface area contributed by atoms with E-state index in [1.165, 1.54) is 36.1 Å². The van der Waals surface area contributed by atoms with Crippen LogP contribution >= 0.6 is 0 Å². The van der Waals surface area contributed by atoms with Crippen LogP contribution in [0.5, 0.6) is 0 Å². The minimum atomic E-state index is -1.18. The summed E-state index contributed by atoms with van der Waals surface area (Å²) >= 11 is 0. The Hall–Kier alpha value is -3.51. The van der Waals surface area contributed by atoms with E-state index >= 15 is 0 Å². The van der Waals surface area contributed by atoms with Crippen LogP contribution in [0.4, 0.5) is 0 Å². The van der Waals surface area contributed by atoms with E-state index in [1.54, 1.807) is 20.8 Å². The van der Waals surface area contributed by atoms with Crippen molar-refractivity contribution in [1.29, 1.82) is 5.41 Å². The maximum atomic E-state index is 13.0. The number of nitrogens with zero attached hydrogens (tertiary/aromatic N) is 1. The number of carbonyl (C=O) groups is 4. The number of rotatable bonds is 10. The molecule has 0 radical (unpaired) electrons. The van der Waals surface area contributed by atoms with Crippen molar-refractivity contribution in [3.8, 4) is 0 Å². The summed E-state index contributed by atoms with van der Waals surface area (Å²) in [5.74, 6) is -2.83. The molecule has 0 aromatic heterocycles. The second-order valence-corrected chi connectivity index (χ2v) is 9.11. The number of aliphatic carboxylic acids is 1. The smallest absolute Gasteiger partial charge is 0.332 e. The lowest BCUT2D eigenvalue weighted by Gasteiger charge is -2.22. The van der Waals surface area contributed by atoms with Gasteiger partial charge in [0, 0.05) is 24.2 Å². The highest BCUT2D eigenvalue weighted by molar-refractivity contribution is 5.99. The van der Waals surface area contributed by atoms with Gasteiger partial charge in [-0.25, -0.2) is 9.59 Å². The molecule has 2 amide bonds. The van der Waals surface area contributed by atoms with Gasteiger partial charge in [0.1, 0.15) is 42.9 Å². The quantitative estimate of drug-likeness (QED) is 0.200. The Bertz CT molecular complexity index is 957. The van der Waals surface area contributed by atoms with E-state index in [0.29, 0.717) is 5.56 Å². The lowest BCUT2D eigenvalue weighted by atomic mass is 10.1. The molecule has 1 heterocycles.